The van der Waals surface area contributed by atoms with E-state index in [1.807, 2.05) is 6.92 Å². The maximum absolute atomic E-state index is 5.51. The van der Waals surface area contributed by atoms with Crippen molar-refractivity contribution in [3.63, 3.8) is 0 Å². The molecule has 22 heavy (non-hydrogen) atoms. The summed E-state index contributed by atoms with van der Waals surface area (Å²) in [7, 11) is 5.00. The monoisotopic (exact) mass is 537 g/mol. The average molecular weight is 537 g/mol. The predicted molar refractivity (Wildman–Crippen MR) is 94.0 cm³/mol. The molecule has 0 spiro atoms. The molecule has 0 aliphatic carbocycles. The summed E-state index contributed by atoms with van der Waals surface area (Å²) < 4.78 is 21.4. The maximum Gasteiger partial charge on any atom is 1.00 e. The second kappa shape index (κ2) is 14.7. The zero-order chi connectivity index (χ0) is 16.4. The van der Waals surface area contributed by atoms with Crippen LogP contribution in [0, 0.1) is 0 Å². The fraction of sp³-hybridized carbons (Fsp3) is 1.00. The molecule has 0 aromatic carbocycles. The molecular weight excluding hydrogens is 504 g/mol. The molecular formula is C15H33AuO4PS+. The largest absolute Gasteiger partial charge is 1.00 e. The molecule has 0 bridgehead atoms. The van der Waals surface area contributed by atoms with E-state index in [0.717, 1.165) is 0 Å². The van der Waals surface area contributed by atoms with Crippen molar-refractivity contribution in [2.24, 2.45) is 0 Å². The second-order valence-electron chi connectivity index (χ2n) is 5.12. The SMILES string of the molecule is CC[PH+](CC)CC.COC1C(C)OC([S-])C(OC)C1OC.[Au+]. The smallest absolute Gasteiger partial charge is 0.759 e. The first-order chi connectivity index (χ1) is 10.00. The van der Waals surface area contributed by atoms with E-state index in [1.165, 1.54) is 18.5 Å². The maximum atomic E-state index is 5.51. The van der Waals surface area contributed by atoms with Crippen LogP contribution >= 0.6 is 7.92 Å². The number of rotatable bonds is 6. The quantitative estimate of drug-likeness (QED) is 0.296. The van der Waals surface area contributed by atoms with Crippen LogP contribution < -0.4 is 0 Å². The van der Waals surface area contributed by atoms with Crippen LogP contribution in [-0.4, -0.2) is 69.7 Å². The molecule has 1 fully saturated rings. The van der Waals surface area contributed by atoms with Crippen LogP contribution in [0.3, 0.4) is 0 Å². The van der Waals surface area contributed by atoms with Crippen molar-refractivity contribution in [1.82, 2.24) is 0 Å². The van der Waals surface area contributed by atoms with E-state index < -0.39 is 0 Å². The minimum absolute atomic E-state index is 0. The van der Waals surface area contributed by atoms with Crippen molar-refractivity contribution in [2.75, 3.05) is 39.8 Å². The van der Waals surface area contributed by atoms with Crippen LogP contribution in [-0.2, 0) is 54.0 Å². The van der Waals surface area contributed by atoms with Gasteiger partial charge in [-0.3, -0.25) is 0 Å². The minimum atomic E-state index is -0.383. The summed E-state index contributed by atoms with van der Waals surface area (Å²) >= 11 is 5.15. The summed E-state index contributed by atoms with van der Waals surface area (Å²) in [6.45, 7) is 8.84. The Bertz CT molecular complexity index is 238. The Labute approximate surface area is 159 Å². The molecule has 138 valence electrons. The standard InChI is InChI=1S/C9H18O4S.C6H15P.Au/c1-5-6(10-2)7(11-3)8(12-4)9(14)13-5;1-4-7(5-2)6-3;/h5-9,14H,1-4H3;4-6H2,1-3H3;/q;;+1. The number of hydrogen-bond acceptors (Lipinski definition) is 5. The molecule has 0 radical (unpaired) electrons. The molecule has 1 rings (SSSR count). The molecule has 0 saturated carbocycles. The van der Waals surface area contributed by atoms with Gasteiger partial charge in [-0.05, 0) is 41.1 Å². The molecule has 1 aliphatic heterocycles. The van der Waals surface area contributed by atoms with Gasteiger partial charge in [0, 0.05) is 21.3 Å². The first kappa shape index (κ1) is 25.6. The van der Waals surface area contributed by atoms with Gasteiger partial charge in [-0.25, -0.2) is 0 Å². The number of hydrogen-bond donors (Lipinski definition) is 0. The third kappa shape index (κ3) is 7.96. The van der Waals surface area contributed by atoms with Crippen molar-refractivity contribution in [3.05, 3.63) is 0 Å². The molecule has 1 heterocycles. The summed E-state index contributed by atoms with van der Waals surface area (Å²) in [5, 5.41) is 0. The van der Waals surface area contributed by atoms with E-state index in [4.69, 9.17) is 31.6 Å². The Hall–Kier alpha value is 1.36. The van der Waals surface area contributed by atoms with Gasteiger partial charge in [0.25, 0.3) is 0 Å². The summed E-state index contributed by atoms with van der Waals surface area (Å²) in [5.74, 6) is 0. The van der Waals surface area contributed by atoms with Gasteiger partial charge in [-0.2, -0.15) is 0 Å². The molecule has 5 atom stereocenters. The van der Waals surface area contributed by atoms with Crippen molar-refractivity contribution < 1.29 is 41.3 Å². The van der Waals surface area contributed by atoms with Gasteiger partial charge in [0.05, 0.1) is 30.7 Å². The van der Waals surface area contributed by atoms with E-state index >= 15 is 0 Å². The normalized spacial score (nSPS) is 31.2. The predicted octanol–water partition coefficient (Wildman–Crippen LogP) is 2.58. The van der Waals surface area contributed by atoms with Crippen LogP contribution in [0.25, 0.3) is 0 Å². The molecule has 7 heteroatoms. The van der Waals surface area contributed by atoms with E-state index in [2.05, 4.69) is 20.8 Å². The van der Waals surface area contributed by atoms with Crippen LogP contribution in [0.4, 0.5) is 0 Å². The topological polar surface area (TPSA) is 36.9 Å². The van der Waals surface area contributed by atoms with E-state index in [9.17, 15) is 0 Å². The zero-order valence-electron chi connectivity index (χ0n) is 14.9. The third-order valence-corrected chi connectivity index (χ3v) is 7.42. The molecule has 4 nitrogen and oxygen atoms in total. The zero-order valence-corrected chi connectivity index (χ0v) is 18.8. The Balaban J connectivity index is 0. The fourth-order valence-electron chi connectivity index (χ4n) is 2.56. The Morgan fingerprint density at radius 1 is 0.864 bits per heavy atom. The first-order valence-corrected chi connectivity index (χ1v) is 10.3. The third-order valence-electron chi connectivity index (χ3n) is 4.04. The van der Waals surface area contributed by atoms with E-state index in [1.54, 1.807) is 21.3 Å². The molecule has 0 amide bonds. The van der Waals surface area contributed by atoms with E-state index in [0.29, 0.717) is 0 Å². The summed E-state index contributed by atoms with van der Waals surface area (Å²) in [5.41, 5.74) is -0.383. The van der Waals surface area contributed by atoms with Crippen molar-refractivity contribution in [2.45, 2.75) is 57.5 Å². The molecule has 1 aliphatic rings. The summed E-state index contributed by atoms with van der Waals surface area (Å²) in [4.78, 5) is 0. The Kier molecular flexibility index (Phi) is 17.1. The molecule has 1 saturated heterocycles. The van der Waals surface area contributed by atoms with Crippen LogP contribution in [0.15, 0.2) is 0 Å². The van der Waals surface area contributed by atoms with E-state index in [-0.39, 0.29) is 60.2 Å². The van der Waals surface area contributed by atoms with Gasteiger partial charge < -0.3 is 31.6 Å². The Morgan fingerprint density at radius 2 is 1.27 bits per heavy atom. The van der Waals surface area contributed by atoms with Crippen LogP contribution in [0.2, 0.25) is 0 Å². The van der Waals surface area contributed by atoms with Crippen molar-refractivity contribution in [1.29, 1.82) is 0 Å². The summed E-state index contributed by atoms with van der Waals surface area (Å²) in [6.07, 6.45) is 3.74. The van der Waals surface area contributed by atoms with Gasteiger partial charge in [-0.1, -0.05) is 0 Å². The number of methoxy groups -OCH3 is 3. The van der Waals surface area contributed by atoms with Crippen molar-refractivity contribution >= 4 is 20.6 Å². The van der Waals surface area contributed by atoms with Gasteiger partial charge in [0.1, 0.15) is 12.2 Å². The molecule has 0 aromatic rings. The first-order valence-electron chi connectivity index (χ1n) is 7.73. The minimum Gasteiger partial charge on any atom is -0.759 e. The average Bonchev–Trinajstić information content (AvgIpc) is 2.49. The Morgan fingerprint density at radius 3 is 1.55 bits per heavy atom. The van der Waals surface area contributed by atoms with Crippen molar-refractivity contribution in [3.8, 4) is 0 Å². The van der Waals surface area contributed by atoms with Gasteiger partial charge in [0.2, 0.25) is 0 Å². The molecule has 5 unspecified atom stereocenters. The number of ether oxygens (including phenoxy) is 4. The van der Waals surface area contributed by atoms with Gasteiger partial charge in [0.15, 0.2) is 0 Å². The fourth-order valence-corrected chi connectivity index (χ4v) is 4.51. The summed E-state index contributed by atoms with van der Waals surface area (Å²) in [6, 6.07) is 0. The second-order valence-corrected chi connectivity index (χ2v) is 9.21. The van der Waals surface area contributed by atoms with Crippen LogP contribution in [0.1, 0.15) is 27.7 Å². The van der Waals surface area contributed by atoms with Crippen LogP contribution in [0.5, 0.6) is 0 Å². The molecule has 0 aromatic heterocycles. The van der Waals surface area contributed by atoms with Gasteiger partial charge >= 0.3 is 22.4 Å². The van der Waals surface area contributed by atoms with Gasteiger partial charge in [-0.15, -0.1) is 0 Å². The molecule has 0 N–H and O–H groups in total.